The van der Waals surface area contributed by atoms with Crippen LogP contribution in [0.25, 0.3) is 0 Å². The molecule has 1 aromatic carbocycles. The van der Waals surface area contributed by atoms with Gasteiger partial charge in [-0.15, -0.1) is 0 Å². The molecule has 2 aliphatic carbocycles. The van der Waals surface area contributed by atoms with Crippen LogP contribution in [0.15, 0.2) is 24.8 Å². The minimum atomic E-state index is -1.40. The molecule has 2 aliphatic rings. The first-order chi connectivity index (χ1) is 16.9. The fourth-order valence-corrected chi connectivity index (χ4v) is 5.61. The van der Waals surface area contributed by atoms with Crippen molar-refractivity contribution in [1.29, 1.82) is 0 Å². The van der Waals surface area contributed by atoms with Gasteiger partial charge >= 0.3 is 11.9 Å². The van der Waals surface area contributed by atoms with E-state index in [9.17, 15) is 22.8 Å². The summed E-state index contributed by atoms with van der Waals surface area (Å²) < 4.78 is 51.0. The van der Waals surface area contributed by atoms with Gasteiger partial charge in [-0.3, -0.25) is 4.79 Å². The predicted octanol–water partition coefficient (Wildman–Crippen LogP) is 7.16. The van der Waals surface area contributed by atoms with E-state index in [4.69, 9.17) is 9.47 Å². The second kappa shape index (κ2) is 13.7. The number of hydrogen-bond acceptors (Lipinski definition) is 4. The van der Waals surface area contributed by atoms with E-state index in [0.29, 0.717) is 30.4 Å². The van der Waals surface area contributed by atoms with Gasteiger partial charge in [0.25, 0.3) is 0 Å². The molecule has 194 valence electrons. The molecule has 0 unspecified atom stereocenters. The maximum absolute atomic E-state index is 13.6. The predicted molar refractivity (Wildman–Crippen MR) is 127 cm³/mol. The van der Waals surface area contributed by atoms with Crippen molar-refractivity contribution in [3.8, 4) is 0 Å². The molecule has 7 heteroatoms. The lowest BCUT2D eigenvalue weighted by atomic mass is 9.69. The van der Waals surface area contributed by atoms with Crippen molar-refractivity contribution < 1.29 is 32.2 Å². The first-order valence-corrected chi connectivity index (χ1v) is 13.0. The highest BCUT2D eigenvalue weighted by molar-refractivity contribution is 5.81. The molecule has 2 fully saturated rings. The Kier molecular flexibility index (Phi) is 10.7. The van der Waals surface area contributed by atoms with Crippen molar-refractivity contribution in [2.75, 3.05) is 6.61 Å². The maximum atomic E-state index is 13.6. The number of hydrogen-bond donors (Lipinski definition) is 0. The van der Waals surface area contributed by atoms with Crippen molar-refractivity contribution in [3.63, 3.8) is 0 Å². The molecule has 4 nitrogen and oxygen atoms in total. The van der Waals surface area contributed by atoms with Crippen LogP contribution >= 0.6 is 0 Å². The van der Waals surface area contributed by atoms with Gasteiger partial charge in [-0.2, -0.15) is 0 Å². The molecule has 0 aromatic heterocycles. The third-order valence-electron chi connectivity index (χ3n) is 7.62. The Morgan fingerprint density at radius 3 is 2.03 bits per heavy atom. The van der Waals surface area contributed by atoms with Gasteiger partial charge in [0, 0.05) is 12.5 Å². The van der Waals surface area contributed by atoms with Crippen molar-refractivity contribution >= 4 is 11.9 Å². The van der Waals surface area contributed by atoms with E-state index in [-0.39, 0.29) is 18.0 Å². The molecule has 0 N–H and O–H groups in total. The van der Waals surface area contributed by atoms with Gasteiger partial charge in [-0.05, 0) is 99.7 Å². The molecule has 0 bridgehead atoms. The second-order valence-electron chi connectivity index (χ2n) is 9.97. The zero-order valence-corrected chi connectivity index (χ0v) is 20.4. The standard InChI is InChI=1S/C28H37F3O4/c1-2-26(32)34-16-6-4-3-5-7-27(33)35-23-14-12-20(13-15-23)19-8-10-21(11-9-19)22-17-24(29)28(31)25(30)18-22/h2,17-21,23H,1,3-16H2. The van der Waals surface area contributed by atoms with Crippen LogP contribution in [0.5, 0.6) is 0 Å². The summed E-state index contributed by atoms with van der Waals surface area (Å²) in [5.41, 5.74) is 0.562. The average Bonchev–Trinajstić information content (AvgIpc) is 2.86. The van der Waals surface area contributed by atoms with E-state index in [0.717, 1.165) is 95.3 Å². The van der Waals surface area contributed by atoms with Crippen molar-refractivity contribution in [1.82, 2.24) is 0 Å². The lowest BCUT2D eigenvalue weighted by Gasteiger charge is -2.37. The summed E-state index contributed by atoms with van der Waals surface area (Å²) in [5.74, 6) is -2.89. The van der Waals surface area contributed by atoms with Crippen LogP contribution in [0, 0.1) is 29.3 Å². The molecular formula is C28H37F3O4. The van der Waals surface area contributed by atoms with Crippen molar-refractivity contribution in [2.45, 2.75) is 95.5 Å². The molecule has 0 spiro atoms. The number of carbonyl (C=O) groups is 2. The molecule has 0 atom stereocenters. The number of unbranched alkanes of at least 4 members (excludes halogenated alkanes) is 3. The highest BCUT2D eigenvalue weighted by atomic mass is 19.2. The van der Waals surface area contributed by atoms with Crippen LogP contribution in [0.4, 0.5) is 13.2 Å². The van der Waals surface area contributed by atoms with E-state index in [1.807, 2.05) is 0 Å². The molecule has 0 heterocycles. The SMILES string of the molecule is C=CC(=O)OCCCCCCC(=O)OC1CCC(C2CCC(c3cc(F)c(F)c(F)c3)CC2)CC1. The fraction of sp³-hybridized carbons (Fsp3) is 0.643. The number of esters is 2. The van der Waals surface area contributed by atoms with E-state index in [1.54, 1.807) is 0 Å². The van der Waals surface area contributed by atoms with Crippen molar-refractivity contribution in [2.24, 2.45) is 11.8 Å². The fourth-order valence-electron chi connectivity index (χ4n) is 5.61. The molecule has 2 saturated carbocycles. The van der Waals surface area contributed by atoms with Crippen LogP contribution in [0.1, 0.15) is 95.0 Å². The Morgan fingerprint density at radius 2 is 1.43 bits per heavy atom. The molecule has 0 amide bonds. The van der Waals surface area contributed by atoms with Gasteiger partial charge in [0.2, 0.25) is 0 Å². The van der Waals surface area contributed by atoms with E-state index < -0.39 is 23.4 Å². The van der Waals surface area contributed by atoms with Crippen LogP contribution in [-0.4, -0.2) is 24.6 Å². The van der Waals surface area contributed by atoms with Gasteiger partial charge in [-0.25, -0.2) is 18.0 Å². The third kappa shape index (κ3) is 8.39. The highest BCUT2D eigenvalue weighted by Gasteiger charge is 2.32. The topological polar surface area (TPSA) is 52.6 Å². The van der Waals surface area contributed by atoms with E-state index in [2.05, 4.69) is 6.58 Å². The average molecular weight is 495 g/mol. The number of rotatable bonds is 11. The Bertz CT molecular complexity index is 833. The number of carbonyl (C=O) groups excluding carboxylic acids is 2. The molecule has 35 heavy (non-hydrogen) atoms. The molecule has 0 aliphatic heterocycles. The number of benzene rings is 1. The number of ether oxygens (including phenoxy) is 2. The first-order valence-electron chi connectivity index (χ1n) is 13.0. The summed E-state index contributed by atoms with van der Waals surface area (Å²) >= 11 is 0. The zero-order chi connectivity index (χ0) is 25.2. The minimum Gasteiger partial charge on any atom is -0.463 e. The van der Waals surface area contributed by atoms with Gasteiger partial charge < -0.3 is 9.47 Å². The summed E-state index contributed by atoms with van der Waals surface area (Å²) in [5, 5.41) is 0. The van der Waals surface area contributed by atoms with E-state index in [1.165, 1.54) is 0 Å². The summed E-state index contributed by atoms with van der Waals surface area (Å²) in [6, 6.07) is 2.29. The van der Waals surface area contributed by atoms with Gasteiger partial charge in [0.1, 0.15) is 6.10 Å². The molecule has 0 saturated heterocycles. The van der Waals surface area contributed by atoms with Crippen LogP contribution in [0.2, 0.25) is 0 Å². The molecular weight excluding hydrogens is 457 g/mol. The Morgan fingerprint density at radius 1 is 0.857 bits per heavy atom. The lowest BCUT2D eigenvalue weighted by molar-refractivity contribution is -0.151. The third-order valence-corrected chi connectivity index (χ3v) is 7.62. The summed E-state index contributed by atoms with van der Waals surface area (Å²) in [6.07, 6.45) is 12.5. The van der Waals surface area contributed by atoms with Gasteiger partial charge in [0.05, 0.1) is 6.61 Å². The van der Waals surface area contributed by atoms with Gasteiger partial charge in [0.15, 0.2) is 17.5 Å². The summed E-state index contributed by atoms with van der Waals surface area (Å²) in [4.78, 5) is 23.1. The quantitative estimate of drug-likeness (QED) is 0.142. The zero-order valence-electron chi connectivity index (χ0n) is 20.4. The lowest BCUT2D eigenvalue weighted by Crippen LogP contribution is -2.29. The monoisotopic (exact) mass is 494 g/mol. The maximum Gasteiger partial charge on any atom is 0.330 e. The normalized spacial score (nSPS) is 24.5. The van der Waals surface area contributed by atoms with Crippen molar-refractivity contribution in [3.05, 3.63) is 47.8 Å². The van der Waals surface area contributed by atoms with E-state index >= 15 is 0 Å². The second-order valence-corrected chi connectivity index (χ2v) is 9.97. The smallest absolute Gasteiger partial charge is 0.330 e. The molecule has 1 aromatic rings. The van der Waals surface area contributed by atoms with Crippen LogP contribution < -0.4 is 0 Å². The Labute approximate surface area is 206 Å². The summed E-state index contributed by atoms with van der Waals surface area (Å²) in [6.45, 7) is 3.73. The Balaban J connectivity index is 1.28. The summed E-state index contributed by atoms with van der Waals surface area (Å²) in [7, 11) is 0. The van der Waals surface area contributed by atoms with Crippen LogP contribution in [0.3, 0.4) is 0 Å². The largest absolute Gasteiger partial charge is 0.463 e. The highest BCUT2D eigenvalue weighted by Crippen LogP contribution is 2.43. The molecule has 3 rings (SSSR count). The van der Waals surface area contributed by atoms with Gasteiger partial charge in [-0.1, -0.05) is 19.4 Å². The first kappa shape index (κ1) is 27.3. The van der Waals surface area contributed by atoms with Crippen LogP contribution in [-0.2, 0) is 19.1 Å². The molecule has 0 radical (unpaired) electrons. The minimum absolute atomic E-state index is 0.00132. The Hall–Kier alpha value is -2.31. The number of halogens is 3.